The number of thiol groups is 1. The minimum atomic E-state index is 0.635. The Balaban J connectivity index is 0.00000106. The van der Waals surface area contributed by atoms with Gasteiger partial charge >= 0.3 is 25.2 Å². The van der Waals surface area contributed by atoms with Gasteiger partial charge in [-0.3, -0.25) is 4.98 Å². The minimum Gasteiger partial charge on any atom is -0.520 e. The van der Waals surface area contributed by atoms with Crippen LogP contribution in [0, 0.1) is 0 Å². The van der Waals surface area contributed by atoms with Crippen LogP contribution < -0.4 is 0 Å². The Bertz CT molecular complexity index is 553. The maximum Gasteiger partial charge on any atom is 0.175 e. The van der Waals surface area contributed by atoms with Gasteiger partial charge in [0.15, 0.2) is 16.5 Å². The third kappa shape index (κ3) is 8.19. The van der Waals surface area contributed by atoms with Crippen molar-refractivity contribution in [3.63, 3.8) is 0 Å². The number of halogens is 1. The molecule has 0 bridgehead atoms. The number of thioether (sulfide) groups is 1. The Hall–Kier alpha value is -0.911. The van der Waals surface area contributed by atoms with Crippen LogP contribution in [0.3, 0.4) is 0 Å². The van der Waals surface area contributed by atoms with E-state index in [0.717, 1.165) is 11.4 Å². The predicted molar refractivity (Wildman–Crippen MR) is 92.5 cm³/mol. The number of pyridine rings is 1. The Morgan fingerprint density at radius 3 is 2.62 bits per heavy atom. The molecule has 0 atom stereocenters. The summed E-state index contributed by atoms with van der Waals surface area (Å²) in [5, 5.41) is 3.96. The molecule has 0 N–H and O–H groups in total. The molecule has 0 fully saturated rings. The van der Waals surface area contributed by atoms with Gasteiger partial charge in [-0.1, -0.05) is 48.2 Å². The third-order valence-corrected chi connectivity index (χ3v) is 3.53. The second kappa shape index (κ2) is 11.7. The summed E-state index contributed by atoms with van der Waals surface area (Å²) in [5.74, 6) is 0.836. The van der Waals surface area contributed by atoms with Gasteiger partial charge in [-0.15, -0.1) is 0 Å². The molecule has 1 heterocycles. The van der Waals surface area contributed by atoms with Crippen LogP contribution in [0.5, 0.6) is 0 Å². The van der Waals surface area contributed by atoms with Gasteiger partial charge in [-0.25, -0.2) is 0 Å². The van der Waals surface area contributed by atoms with Gasteiger partial charge in [-0.05, 0) is 17.7 Å². The van der Waals surface area contributed by atoms with Crippen molar-refractivity contribution < 1.29 is 15.1 Å². The first kappa shape index (κ1) is 18.1. The van der Waals surface area contributed by atoms with E-state index in [9.17, 15) is 0 Å². The largest absolute Gasteiger partial charge is 0.520 e. The van der Waals surface area contributed by atoms with Gasteiger partial charge in [0, 0.05) is 18.2 Å². The summed E-state index contributed by atoms with van der Waals surface area (Å²) < 4.78 is 0.635. The standard InChI is InChI=1S/C14H13N3S2.ClH.Cu/c18-14(19-11-12-6-2-1-3-7-12)17-16-10-13-8-4-5-9-15-13;;/h1-10H,11H2,(H,15,17,18);1H;/q;;+1/p-1. The smallest absolute Gasteiger partial charge is 0.175 e. The third-order valence-electron chi connectivity index (χ3n) is 2.23. The topological polar surface area (TPSA) is 39.4 Å². The molecule has 114 valence electrons. The molecule has 1 aromatic carbocycles. The molecular weight excluding hydrogens is 373 g/mol. The van der Waals surface area contributed by atoms with Crippen LogP contribution in [0.25, 0.3) is 5.43 Å². The number of nitrogens with zero attached hydrogens (tertiary/aromatic N) is 3. The molecule has 0 aliphatic rings. The zero-order valence-corrected chi connectivity index (χ0v) is 14.3. The Morgan fingerprint density at radius 2 is 1.95 bits per heavy atom. The zero-order valence-electron chi connectivity index (χ0n) is 10.9. The first-order chi connectivity index (χ1) is 10.3. The maximum absolute atomic E-state index is 4.29. The van der Waals surface area contributed by atoms with Crippen molar-refractivity contribution >= 4 is 44.6 Å². The molecule has 0 saturated carbocycles. The molecule has 0 aliphatic heterocycles. The van der Waals surface area contributed by atoms with Crippen LogP contribution >= 0.6 is 21.9 Å². The molecule has 21 heavy (non-hydrogen) atoms. The average molecular weight is 386 g/mol. The summed E-state index contributed by atoms with van der Waals surface area (Å²) >= 11 is 9.49. The van der Waals surface area contributed by atoms with E-state index in [0.29, 0.717) is 4.32 Å². The number of aromatic nitrogens is 1. The van der Waals surface area contributed by atoms with E-state index in [2.05, 4.69) is 65.1 Å². The monoisotopic (exact) mass is 385 g/mol. The molecule has 2 aromatic rings. The number of rotatable bonds is 4. The Kier molecular flexibility index (Phi) is 10.1. The SMILES string of the molecule is [Cl][Cu].[SH+]=C([N-]N=Cc1ccccn1)SCc1ccccc1. The van der Waals surface area contributed by atoms with E-state index >= 15 is 0 Å². The first-order valence-electron chi connectivity index (χ1n) is 5.84. The van der Waals surface area contributed by atoms with Crippen LogP contribution in [0.2, 0.25) is 0 Å². The van der Waals surface area contributed by atoms with E-state index in [1.165, 1.54) is 5.56 Å². The Labute approximate surface area is 146 Å². The van der Waals surface area contributed by atoms with Gasteiger partial charge in [0.2, 0.25) is 0 Å². The van der Waals surface area contributed by atoms with Crippen molar-refractivity contribution in [2.45, 2.75) is 5.75 Å². The van der Waals surface area contributed by atoms with Crippen molar-refractivity contribution in [1.29, 1.82) is 0 Å². The molecule has 0 aliphatic carbocycles. The molecule has 1 aromatic heterocycles. The van der Waals surface area contributed by atoms with Crippen LogP contribution in [0.15, 0.2) is 59.8 Å². The predicted octanol–water partition coefficient (Wildman–Crippen LogP) is 3.78. The molecule has 0 saturated heterocycles. The summed E-state index contributed by atoms with van der Waals surface area (Å²) in [6.45, 7) is 0. The van der Waals surface area contributed by atoms with Gasteiger partial charge in [-0.2, -0.15) is 0 Å². The molecule has 0 radical (unpaired) electrons. The average Bonchev–Trinajstić information content (AvgIpc) is 2.57. The normalized spacial score (nSPS) is 9.86. The fourth-order valence-corrected chi connectivity index (χ4v) is 2.18. The summed E-state index contributed by atoms with van der Waals surface area (Å²) in [6, 6.07) is 15.8. The van der Waals surface area contributed by atoms with Crippen molar-refractivity contribution in [1.82, 2.24) is 4.98 Å². The van der Waals surface area contributed by atoms with Crippen molar-refractivity contribution in [2.24, 2.45) is 5.10 Å². The first-order valence-corrected chi connectivity index (χ1v) is 8.56. The van der Waals surface area contributed by atoms with Crippen molar-refractivity contribution in [3.8, 4) is 0 Å². The summed E-state index contributed by atoms with van der Waals surface area (Å²) in [5.41, 5.74) is 6.02. The van der Waals surface area contributed by atoms with Gasteiger partial charge in [0.05, 0.1) is 5.69 Å². The minimum absolute atomic E-state index is 0.635. The summed E-state index contributed by atoms with van der Waals surface area (Å²) in [7, 11) is 4.20. The molecule has 2 rings (SSSR count). The summed E-state index contributed by atoms with van der Waals surface area (Å²) in [6.07, 6.45) is 3.33. The van der Waals surface area contributed by atoms with Gasteiger partial charge < -0.3 is 10.5 Å². The van der Waals surface area contributed by atoms with E-state index in [-0.39, 0.29) is 0 Å². The second-order valence-corrected chi connectivity index (χ2v) is 5.35. The number of benzene rings is 1. The number of hydrogen-bond donors (Lipinski definition) is 0. The van der Waals surface area contributed by atoms with Gasteiger partial charge in [0.1, 0.15) is 0 Å². The maximum atomic E-state index is 4.29. The fraction of sp³-hybridized carbons (Fsp3) is 0.0714. The number of hydrogen-bond acceptors (Lipinski definition) is 3. The van der Waals surface area contributed by atoms with Crippen molar-refractivity contribution in [3.05, 3.63) is 71.4 Å². The summed E-state index contributed by atoms with van der Waals surface area (Å²) in [4.78, 5) is 4.12. The molecule has 7 heteroatoms. The molecule has 0 spiro atoms. The van der Waals surface area contributed by atoms with E-state index < -0.39 is 0 Å². The fourth-order valence-electron chi connectivity index (χ4n) is 1.34. The molecule has 0 unspecified atom stereocenters. The van der Waals surface area contributed by atoms with Crippen LogP contribution in [0.4, 0.5) is 0 Å². The van der Waals surface area contributed by atoms with E-state index in [1.54, 1.807) is 24.2 Å². The van der Waals surface area contributed by atoms with E-state index in [4.69, 9.17) is 0 Å². The zero-order chi connectivity index (χ0) is 15.3. The Morgan fingerprint density at radius 1 is 1.24 bits per heavy atom. The van der Waals surface area contributed by atoms with Gasteiger partial charge in [0.25, 0.3) is 0 Å². The van der Waals surface area contributed by atoms with Crippen LogP contribution in [-0.2, 0) is 33.1 Å². The molecular formula is C14H13ClCuN3S2. The van der Waals surface area contributed by atoms with Crippen LogP contribution in [-0.4, -0.2) is 15.5 Å². The molecule has 0 amide bonds. The molecule has 3 nitrogen and oxygen atoms in total. The van der Waals surface area contributed by atoms with Crippen molar-refractivity contribution in [2.75, 3.05) is 0 Å². The second-order valence-electron chi connectivity index (χ2n) is 3.66. The van der Waals surface area contributed by atoms with E-state index in [1.807, 2.05) is 36.4 Å². The van der Waals surface area contributed by atoms with Crippen LogP contribution in [0.1, 0.15) is 11.3 Å². The quantitative estimate of drug-likeness (QED) is 0.200.